The van der Waals surface area contributed by atoms with Crippen LogP contribution in [-0.2, 0) is 0 Å². The number of methoxy groups -OCH3 is 2. The van der Waals surface area contributed by atoms with E-state index in [1.54, 1.807) is 37.4 Å². The predicted molar refractivity (Wildman–Crippen MR) is 81.3 cm³/mol. The number of benzene rings is 2. The average Bonchev–Trinajstić information content (AvgIpc) is 2.46. The molecule has 0 saturated carbocycles. The van der Waals surface area contributed by atoms with Crippen LogP contribution in [0.25, 0.3) is 0 Å². The van der Waals surface area contributed by atoms with E-state index in [1.807, 2.05) is 0 Å². The number of rotatable bonds is 4. The van der Waals surface area contributed by atoms with Gasteiger partial charge in [-0.2, -0.15) is 0 Å². The first-order valence-corrected chi connectivity index (χ1v) is 7.11. The molecule has 0 saturated heterocycles. The summed E-state index contributed by atoms with van der Waals surface area (Å²) in [5.74, 6) is 0.846. The molecule has 0 aliphatic rings. The van der Waals surface area contributed by atoms with E-state index in [1.165, 1.54) is 13.2 Å². The zero-order valence-electron chi connectivity index (χ0n) is 11.0. The molecule has 2 rings (SSSR count). The first-order valence-electron chi connectivity index (χ1n) is 5.88. The first-order chi connectivity index (χ1) is 9.58. The summed E-state index contributed by atoms with van der Waals surface area (Å²) in [7, 11) is 3.11. The summed E-state index contributed by atoms with van der Waals surface area (Å²) in [6.45, 7) is 0. The lowest BCUT2D eigenvalue weighted by Crippen LogP contribution is -2.01. The van der Waals surface area contributed by atoms with Gasteiger partial charge in [-0.15, -0.1) is 11.6 Å². The molecule has 0 fully saturated rings. The Morgan fingerprint density at radius 2 is 1.90 bits per heavy atom. The fourth-order valence-electron chi connectivity index (χ4n) is 1.94. The smallest absolute Gasteiger partial charge is 0.129 e. The van der Waals surface area contributed by atoms with E-state index in [4.69, 9.17) is 21.1 Å². The molecule has 0 N–H and O–H groups in total. The highest BCUT2D eigenvalue weighted by atomic mass is 79.9. The maximum atomic E-state index is 14.0. The van der Waals surface area contributed by atoms with Crippen LogP contribution in [0.1, 0.15) is 16.5 Å². The van der Waals surface area contributed by atoms with Crippen molar-refractivity contribution in [3.05, 3.63) is 57.8 Å². The maximum absolute atomic E-state index is 14.0. The average molecular weight is 360 g/mol. The van der Waals surface area contributed by atoms with Gasteiger partial charge in [0.05, 0.1) is 19.6 Å². The van der Waals surface area contributed by atoms with Gasteiger partial charge in [0.25, 0.3) is 0 Å². The second-order valence-electron chi connectivity index (χ2n) is 4.11. The van der Waals surface area contributed by atoms with E-state index in [9.17, 15) is 4.39 Å². The van der Waals surface area contributed by atoms with Gasteiger partial charge in [0.2, 0.25) is 0 Å². The third-order valence-corrected chi connectivity index (χ3v) is 4.11. The number of alkyl halides is 1. The molecular formula is C15H13BrClFO2. The molecule has 2 aromatic carbocycles. The third-order valence-electron chi connectivity index (χ3n) is 2.97. The molecular weight excluding hydrogens is 347 g/mol. The van der Waals surface area contributed by atoms with Gasteiger partial charge in [0, 0.05) is 21.7 Å². The number of halogens is 3. The lowest BCUT2D eigenvalue weighted by molar-refractivity contribution is 0.391. The van der Waals surface area contributed by atoms with Crippen molar-refractivity contribution < 1.29 is 13.9 Å². The molecule has 1 unspecified atom stereocenters. The molecule has 1 atom stereocenters. The highest BCUT2D eigenvalue weighted by molar-refractivity contribution is 9.10. The summed E-state index contributed by atoms with van der Waals surface area (Å²) in [6, 6.07) is 10.0. The van der Waals surface area contributed by atoms with E-state index in [-0.39, 0.29) is 5.82 Å². The van der Waals surface area contributed by atoms with Crippen molar-refractivity contribution in [2.45, 2.75) is 5.38 Å². The second-order valence-corrected chi connectivity index (χ2v) is 5.40. The van der Waals surface area contributed by atoms with Gasteiger partial charge in [-0.1, -0.05) is 22.0 Å². The van der Waals surface area contributed by atoms with E-state index >= 15 is 0 Å². The van der Waals surface area contributed by atoms with Crippen LogP contribution in [-0.4, -0.2) is 14.2 Å². The van der Waals surface area contributed by atoms with Crippen LogP contribution in [0, 0.1) is 5.82 Å². The molecule has 0 amide bonds. The first kappa shape index (κ1) is 15.1. The van der Waals surface area contributed by atoms with E-state index in [0.29, 0.717) is 27.1 Å². The van der Waals surface area contributed by atoms with Crippen molar-refractivity contribution >= 4 is 27.5 Å². The van der Waals surface area contributed by atoms with Crippen LogP contribution in [0.4, 0.5) is 4.39 Å². The van der Waals surface area contributed by atoms with Crippen molar-refractivity contribution in [1.82, 2.24) is 0 Å². The maximum Gasteiger partial charge on any atom is 0.129 e. The van der Waals surface area contributed by atoms with Crippen molar-refractivity contribution in [2.24, 2.45) is 0 Å². The van der Waals surface area contributed by atoms with E-state index in [0.717, 1.165) is 0 Å². The van der Waals surface area contributed by atoms with Crippen LogP contribution in [0.15, 0.2) is 40.9 Å². The third kappa shape index (κ3) is 2.91. The lowest BCUT2D eigenvalue weighted by atomic mass is 10.0. The second kappa shape index (κ2) is 6.46. The summed E-state index contributed by atoms with van der Waals surface area (Å²) in [5.41, 5.74) is 1.07. The Balaban J connectivity index is 2.50. The standard InChI is InChI=1S/C15H13BrClFO2/c1-19-9-6-7-10(13(8-9)20-2)15(17)14-11(16)4-3-5-12(14)18/h3-8,15H,1-2H3. The fourth-order valence-corrected chi connectivity index (χ4v) is 3.04. The molecule has 2 nitrogen and oxygen atoms in total. The Bertz CT molecular complexity index is 599. The van der Waals surface area contributed by atoms with Gasteiger partial charge in [-0.25, -0.2) is 4.39 Å². The van der Waals surface area contributed by atoms with Gasteiger partial charge in [0.1, 0.15) is 17.3 Å². The Morgan fingerprint density at radius 1 is 1.15 bits per heavy atom. The van der Waals surface area contributed by atoms with E-state index in [2.05, 4.69) is 15.9 Å². The van der Waals surface area contributed by atoms with Gasteiger partial charge < -0.3 is 9.47 Å². The molecule has 0 radical (unpaired) electrons. The molecule has 20 heavy (non-hydrogen) atoms. The summed E-state index contributed by atoms with van der Waals surface area (Å²) in [5, 5.41) is -0.661. The lowest BCUT2D eigenvalue weighted by Gasteiger charge is -2.17. The molecule has 0 heterocycles. The van der Waals surface area contributed by atoms with Crippen LogP contribution in [0.5, 0.6) is 11.5 Å². The molecule has 2 aromatic rings. The summed E-state index contributed by atoms with van der Waals surface area (Å²) >= 11 is 9.76. The van der Waals surface area contributed by atoms with Gasteiger partial charge in [-0.3, -0.25) is 0 Å². The van der Waals surface area contributed by atoms with Crippen molar-refractivity contribution in [1.29, 1.82) is 0 Å². The van der Waals surface area contributed by atoms with Crippen LogP contribution < -0.4 is 9.47 Å². The molecule has 0 spiro atoms. The van der Waals surface area contributed by atoms with Gasteiger partial charge in [-0.05, 0) is 24.3 Å². The Morgan fingerprint density at radius 3 is 2.50 bits per heavy atom. The quantitative estimate of drug-likeness (QED) is 0.720. The highest BCUT2D eigenvalue weighted by Crippen LogP contribution is 2.40. The molecule has 0 aliphatic carbocycles. The largest absolute Gasteiger partial charge is 0.497 e. The topological polar surface area (TPSA) is 18.5 Å². The SMILES string of the molecule is COc1ccc(C(Cl)c2c(F)cccc2Br)c(OC)c1. The Hall–Kier alpha value is -1.26. The number of hydrogen-bond donors (Lipinski definition) is 0. The van der Waals surface area contributed by atoms with Gasteiger partial charge >= 0.3 is 0 Å². The zero-order chi connectivity index (χ0) is 14.7. The number of hydrogen-bond acceptors (Lipinski definition) is 2. The van der Waals surface area contributed by atoms with E-state index < -0.39 is 5.38 Å². The minimum atomic E-state index is -0.661. The van der Waals surface area contributed by atoms with Crippen molar-refractivity contribution in [2.75, 3.05) is 14.2 Å². The summed E-state index contributed by atoms with van der Waals surface area (Å²) < 4.78 is 25.1. The molecule has 0 bridgehead atoms. The molecule has 0 aromatic heterocycles. The van der Waals surface area contributed by atoms with Crippen molar-refractivity contribution in [3.8, 4) is 11.5 Å². The molecule has 106 valence electrons. The highest BCUT2D eigenvalue weighted by Gasteiger charge is 2.21. The van der Waals surface area contributed by atoms with Crippen LogP contribution in [0.3, 0.4) is 0 Å². The normalized spacial score (nSPS) is 12.1. The predicted octanol–water partition coefficient (Wildman–Crippen LogP) is 4.93. The Kier molecular flexibility index (Phi) is 4.89. The van der Waals surface area contributed by atoms with Crippen LogP contribution in [0.2, 0.25) is 0 Å². The molecule has 5 heteroatoms. The van der Waals surface area contributed by atoms with Gasteiger partial charge in [0.15, 0.2) is 0 Å². The monoisotopic (exact) mass is 358 g/mol. The minimum Gasteiger partial charge on any atom is -0.497 e. The summed E-state index contributed by atoms with van der Waals surface area (Å²) in [4.78, 5) is 0. The number of ether oxygens (including phenoxy) is 2. The summed E-state index contributed by atoms with van der Waals surface area (Å²) in [6.07, 6.45) is 0. The minimum absolute atomic E-state index is 0.364. The fraction of sp³-hybridized carbons (Fsp3) is 0.200. The van der Waals surface area contributed by atoms with Crippen LogP contribution >= 0.6 is 27.5 Å². The molecule has 0 aliphatic heterocycles. The van der Waals surface area contributed by atoms with Crippen molar-refractivity contribution in [3.63, 3.8) is 0 Å². The zero-order valence-corrected chi connectivity index (χ0v) is 13.3. The Labute approximate surface area is 130 Å².